The molecule has 116 valence electrons. The minimum atomic E-state index is 0.185. The molecule has 3 heteroatoms. The minimum absolute atomic E-state index is 0.185. The maximum Gasteiger partial charge on any atom is 0.0783 e. The average Bonchev–Trinajstić information content (AvgIpc) is 2.85. The third-order valence-corrected chi connectivity index (χ3v) is 7.42. The summed E-state index contributed by atoms with van der Waals surface area (Å²) >= 11 is 2.06. The molecule has 0 aromatic heterocycles. The van der Waals surface area contributed by atoms with Crippen molar-refractivity contribution in [3.8, 4) is 0 Å². The van der Waals surface area contributed by atoms with Crippen LogP contribution in [0.5, 0.6) is 0 Å². The molecular weight excluding hydrogens is 266 g/mol. The number of hydrogen-bond donors (Lipinski definition) is 1. The average molecular weight is 298 g/mol. The molecule has 0 bridgehead atoms. The summed E-state index contributed by atoms with van der Waals surface area (Å²) in [6.07, 6.45) is 9.11. The van der Waals surface area contributed by atoms with Crippen molar-refractivity contribution in [2.75, 3.05) is 18.1 Å². The summed E-state index contributed by atoms with van der Waals surface area (Å²) in [5, 5.41) is 0. The molecule has 1 spiro atoms. The molecule has 2 nitrogen and oxygen atoms in total. The molecule has 20 heavy (non-hydrogen) atoms. The van der Waals surface area contributed by atoms with Crippen LogP contribution in [0.15, 0.2) is 0 Å². The second-order valence-corrected chi connectivity index (χ2v) is 9.11. The SMILES string of the molecule is CC1(C)CCCCC1C(N)C1CCOC2(CCSC2)C1. The van der Waals surface area contributed by atoms with Crippen molar-refractivity contribution in [2.45, 2.75) is 70.4 Å². The van der Waals surface area contributed by atoms with Crippen LogP contribution in [0.1, 0.15) is 58.8 Å². The Morgan fingerprint density at radius 3 is 2.75 bits per heavy atom. The molecule has 0 aromatic carbocycles. The predicted molar refractivity (Wildman–Crippen MR) is 87.1 cm³/mol. The Bertz CT molecular complexity index is 338. The molecule has 2 N–H and O–H groups in total. The summed E-state index contributed by atoms with van der Waals surface area (Å²) < 4.78 is 6.17. The van der Waals surface area contributed by atoms with Gasteiger partial charge < -0.3 is 10.5 Å². The second kappa shape index (κ2) is 5.81. The maximum atomic E-state index is 6.79. The third kappa shape index (κ3) is 2.91. The lowest BCUT2D eigenvalue weighted by molar-refractivity contribution is -0.0908. The first kappa shape index (κ1) is 15.2. The fraction of sp³-hybridized carbons (Fsp3) is 1.00. The van der Waals surface area contributed by atoms with Gasteiger partial charge in [0.2, 0.25) is 0 Å². The van der Waals surface area contributed by atoms with Crippen molar-refractivity contribution in [2.24, 2.45) is 23.0 Å². The van der Waals surface area contributed by atoms with E-state index in [1.807, 2.05) is 0 Å². The molecule has 3 rings (SSSR count). The smallest absolute Gasteiger partial charge is 0.0783 e. The molecular formula is C17H31NOS. The Morgan fingerprint density at radius 1 is 1.20 bits per heavy atom. The van der Waals surface area contributed by atoms with E-state index in [0.717, 1.165) is 6.61 Å². The van der Waals surface area contributed by atoms with Gasteiger partial charge in [-0.2, -0.15) is 11.8 Å². The lowest BCUT2D eigenvalue weighted by atomic mass is 9.62. The monoisotopic (exact) mass is 297 g/mol. The van der Waals surface area contributed by atoms with Gasteiger partial charge in [0.1, 0.15) is 0 Å². The fourth-order valence-corrected chi connectivity index (χ4v) is 6.20. The van der Waals surface area contributed by atoms with Gasteiger partial charge in [0, 0.05) is 18.4 Å². The van der Waals surface area contributed by atoms with Gasteiger partial charge in [-0.1, -0.05) is 26.7 Å². The highest BCUT2D eigenvalue weighted by Gasteiger charge is 2.45. The van der Waals surface area contributed by atoms with E-state index in [1.54, 1.807) is 0 Å². The van der Waals surface area contributed by atoms with Crippen LogP contribution in [0, 0.1) is 17.3 Å². The van der Waals surface area contributed by atoms with E-state index in [1.165, 1.54) is 56.5 Å². The van der Waals surface area contributed by atoms with Crippen LogP contribution in [0.25, 0.3) is 0 Å². The number of nitrogens with two attached hydrogens (primary N) is 1. The van der Waals surface area contributed by atoms with E-state index in [2.05, 4.69) is 25.6 Å². The summed E-state index contributed by atoms with van der Waals surface area (Å²) in [5.74, 6) is 3.87. The zero-order chi connectivity index (χ0) is 14.2. The predicted octanol–water partition coefficient (Wildman–Crippen LogP) is 3.83. The summed E-state index contributed by atoms with van der Waals surface area (Å²) in [5.41, 5.74) is 7.41. The first-order valence-corrected chi connectivity index (χ1v) is 9.65. The van der Waals surface area contributed by atoms with Gasteiger partial charge in [-0.05, 0) is 55.1 Å². The molecule has 1 saturated carbocycles. The lowest BCUT2D eigenvalue weighted by Crippen LogP contribution is -2.51. The van der Waals surface area contributed by atoms with Gasteiger partial charge in [-0.3, -0.25) is 0 Å². The zero-order valence-corrected chi connectivity index (χ0v) is 14.0. The van der Waals surface area contributed by atoms with Crippen molar-refractivity contribution in [3.05, 3.63) is 0 Å². The van der Waals surface area contributed by atoms with Crippen LogP contribution in [0.2, 0.25) is 0 Å². The van der Waals surface area contributed by atoms with Crippen LogP contribution < -0.4 is 5.73 Å². The Morgan fingerprint density at radius 2 is 2.05 bits per heavy atom. The normalized spacial score (nSPS) is 42.8. The molecule has 2 aliphatic heterocycles. The Hall–Kier alpha value is 0.270. The van der Waals surface area contributed by atoms with Crippen molar-refractivity contribution in [3.63, 3.8) is 0 Å². The topological polar surface area (TPSA) is 35.2 Å². The first-order valence-electron chi connectivity index (χ1n) is 8.50. The van der Waals surface area contributed by atoms with Gasteiger partial charge in [-0.25, -0.2) is 0 Å². The van der Waals surface area contributed by atoms with Crippen molar-refractivity contribution in [1.82, 2.24) is 0 Å². The lowest BCUT2D eigenvalue weighted by Gasteiger charge is -2.47. The Kier molecular flexibility index (Phi) is 4.41. The van der Waals surface area contributed by atoms with E-state index >= 15 is 0 Å². The van der Waals surface area contributed by atoms with E-state index in [-0.39, 0.29) is 5.60 Å². The summed E-state index contributed by atoms with van der Waals surface area (Å²) in [6, 6.07) is 0.386. The molecule has 4 unspecified atom stereocenters. The molecule has 1 aliphatic carbocycles. The van der Waals surface area contributed by atoms with Crippen LogP contribution in [-0.2, 0) is 4.74 Å². The molecule has 4 atom stereocenters. The highest BCUT2D eigenvalue weighted by atomic mass is 32.2. The number of hydrogen-bond acceptors (Lipinski definition) is 3. The molecule has 3 aliphatic rings. The summed E-state index contributed by atoms with van der Waals surface area (Å²) in [4.78, 5) is 0. The number of thioether (sulfide) groups is 1. The van der Waals surface area contributed by atoms with Crippen LogP contribution in [0.3, 0.4) is 0 Å². The van der Waals surface area contributed by atoms with E-state index < -0.39 is 0 Å². The zero-order valence-electron chi connectivity index (χ0n) is 13.2. The van der Waals surface area contributed by atoms with Crippen LogP contribution in [0.4, 0.5) is 0 Å². The molecule has 0 aromatic rings. The molecule has 0 amide bonds. The highest BCUT2D eigenvalue weighted by molar-refractivity contribution is 7.99. The number of ether oxygens (including phenoxy) is 1. The maximum absolute atomic E-state index is 6.79. The largest absolute Gasteiger partial charge is 0.374 e. The van der Waals surface area contributed by atoms with E-state index in [9.17, 15) is 0 Å². The molecule has 2 saturated heterocycles. The quantitative estimate of drug-likeness (QED) is 0.841. The highest BCUT2D eigenvalue weighted by Crippen LogP contribution is 2.47. The van der Waals surface area contributed by atoms with Gasteiger partial charge in [0.15, 0.2) is 0 Å². The Balaban J connectivity index is 1.68. The Labute approximate surface area is 128 Å². The first-order chi connectivity index (χ1) is 9.53. The van der Waals surface area contributed by atoms with E-state index in [4.69, 9.17) is 10.5 Å². The van der Waals surface area contributed by atoms with Crippen LogP contribution in [-0.4, -0.2) is 29.8 Å². The summed E-state index contributed by atoms with van der Waals surface area (Å²) in [6.45, 7) is 5.82. The number of rotatable bonds is 2. The molecule has 2 heterocycles. The van der Waals surface area contributed by atoms with Gasteiger partial charge in [-0.15, -0.1) is 0 Å². The molecule has 0 radical (unpaired) electrons. The van der Waals surface area contributed by atoms with Gasteiger partial charge in [0.05, 0.1) is 5.60 Å². The van der Waals surface area contributed by atoms with Gasteiger partial charge in [0.25, 0.3) is 0 Å². The van der Waals surface area contributed by atoms with Crippen LogP contribution >= 0.6 is 11.8 Å². The van der Waals surface area contributed by atoms with Gasteiger partial charge >= 0.3 is 0 Å². The van der Waals surface area contributed by atoms with Crippen molar-refractivity contribution in [1.29, 1.82) is 0 Å². The third-order valence-electron chi connectivity index (χ3n) is 6.20. The fourth-order valence-electron chi connectivity index (χ4n) is 4.82. The van der Waals surface area contributed by atoms with Crippen molar-refractivity contribution >= 4 is 11.8 Å². The summed E-state index contributed by atoms with van der Waals surface area (Å²) in [7, 11) is 0. The second-order valence-electron chi connectivity index (χ2n) is 8.01. The van der Waals surface area contributed by atoms with Crippen molar-refractivity contribution < 1.29 is 4.74 Å². The molecule has 3 fully saturated rings. The van der Waals surface area contributed by atoms with E-state index in [0.29, 0.717) is 23.3 Å². The minimum Gasteiger partial charge on any atom is -0.374 e. The standard InChI is InChI=1S/C17H31NOS/c1-16(2)7-4-3-5-14(16)15(18)13-6-9-19-17(11-13)8-10-20-12-17/h13-15H,3-12,18H2,1-2H3.